The summed E-state index contributed by atoms with van der Waals surface area (Å²) in [6, 6.07) is 2.34. The predicted molar refractivity (Wildman–Crippen MR) is 444 cm³/mol. The number of imidazole rings is 2. The smallest absolute Gasteiger partial charge is 0.330 e. The molecule has 6 unspecified atom stereocenters. The highest BCUT2D eigenvalue weighted by atomic mass is 32.5. The van der Waals surface area contributed by atoms with E-state index in [9.17, 15) is 43.5 Å². The molecule has 6 aromatic heterocycles. The maximum atomic E-state index is 13.1. The van der Waals surface area contributed by atoms with Crippen LogP contribution in [0.25, 0.3) is 27.2 Å². The van der Waals surface area contributed by atoms with E-state index >= 15 is 0 Å². The Kier molecular flexibility index (Phi) is 38.3. The molecule has 45 heteroatoms. The summed E-state index contributed by atoms with van der Waals surface area (Å²) in [5.74, 6) is -1.80. The molecule has 0 aliphatic carbocycles. The van der Waals surface area contributed by atoms with Crippen molar-refractivity contribution in [2.24, 2.45) is 23.7 Å². The number of rotatable bonds is 42. The largest absolute Gasteiger partial charge is 0.394 e. The maximum absolute atomic E-state index is 13.1. The first-order valence-corrected chi connectivity index (χ1v) is 44.0. The molecule has 10 heterocycles. The molecule has 10 rings (SSSR count). The summed E-state index contributed by atoms with van der Waals surface area (Å²) in [5.41, 5.74) is -2.02. The molecule has 0 bridgehead atoms. The topological polar surface area (TPSA) is 494 Å². The van der Waals surface area contributed by atoms with Crippen LogP contribution in [0.2, 0.25) is 0 Å². The van der Waals surface area contributed by atoms with Gasteiger partial charge in [0.05, 0.1) is 109 Å². The summed E-state index contributed by atoms with van der Waals surface area (Å²) in [6.45, 7) is 33.4. The quantitative estimate of drug-likeness (QED) is 0.0133. The number of aromatic amines is 4. The summed E-state index contributed by atoms with van der Waals surface area (Å²) in [5, 5.41) is 23.8. The fraction of sp³-hybridized carbons (Fsp3) is 0.711. The first kappa shape index (κ1) is 98.8. The number of aliphatic hydroxyl groups is 1. The van der Waals surface area contributed by atoms with Crippen LogP contribution in [-0.4, -0.2) is 253 Å². The second-order valence-corrected chi connectivity index (χ2v) is 34.5. The van der Waals surface area contributed by atoms with Crippen molar-refractivity contribution in [1.29, 1.82) is 5.26 Å². The molecule has 0 aromatic carbocycles. The van der Waals surface area contributed by atoms with E-state index in [1.807, 2.05) is 34.6 Å². The lowest BCUT2D eigenvalue weighted by Crippen LogP contribution is -2.40. The Morgan fingerprint density at radius 3 is 1.46 bits per heavy atom. The van der Waals surface area contributed by atoms with Gasteiger partial charge in [0.2, 0.25) is 30.3 Å². The second-order valence-electron chi connectivity index (χ2n) is 30.2. The van der Waals surface area contributed by atoms with Crippen molar-refractivity contribution in [3.05, 3.63) is 110 Å². The number of ether oxygens (including phenoxy) is 11. The number of aliphatic hydroxyl groups excluding tert-OH is 1. The Morgan fingerprint density at radius 2 is 1.03 bits per heavy atom. The van der Waals surface area contributed by atoms with Crippen molar-refractivity contribution in [3.63, 3.8) is 0 Å². The van der Waals surface area contributed by atoms with Crippen LogP contribution in [0.3, 0.4) is 0 Å². The van der Waals surface area contributed by atoms with E-state index in [0.717, 1.165) is 6.42 Å². The van der Waals surface area contributed by atoms with Gasteiger partial charge in [-0.1, -0.05) is 62.3 Å². The van der Waals surface area contributed by atoms with Gasteiger partial charge in [0, 0.05) is 87.2 Å². The number of fused-ring (bicyclic) bond motifs is 2. The second kappa shape index (κ2) is 46.9. The average molecular weight is 1760 g/mol. The molecule has 0 radical (unpaired) electrons. The van der Waals surface area contributed by atoms with E-state index in [2.05, 4.69) is 93.8 Å². The third kappa shape index (κ3) is 25.1. The highest BCUT2D eigenvalue weighted by Crippen LogP contribution is 2.56. The number of nitrogens with one attached hydrogen (secondary N) is 6. The minimum Gasteiger partial charge on any atom is -0.394 e. The van der Waals surface area contributed by atoms with Crippen LogP contribution in [0.4, 0.5) is 11.9 Å². The van der Waals surface area contributed by atoms with E-state index in [1.54, 1.807) is 53.2 Å². The Balaban J connectivity index is 0.000000250. The van der Waals surface area contributed by atoms with Crippen LogP contribution < -0.4 is 44.3 Å². The van der Waals surface area contributed by atoms with Gasteiger partial charge in [-0.3, -0.25) is 82.1 Å². The van der Waals surface area contributed by atoms with Gasteiger partial charge < -0.3 is 80.2 Å². The molecule has 4 saturated heterocycles. The summed E-state index contributed by atoms with van der Waals surface area (Å²) < 4.78 is 105. The average Bonchev–Trinajstić information content (AvgIpc) is 1.61. The molecule has 4 aliphatic rings. The molecule has 7 N–H and O–H groups in total. The van der Waals surface area contributed by atoms with E-state index in [4.69, 9.17) is 98.4 Å². The van der Waals surface area contributed by atoms with Crippen molar-refractivity contribution in [2.75, 3.05) is 111 Å². The first-order chi connectivity index (χ1) is 57.8. The molecule has 4 aliphatic heterocycles. The van der Waals surface area contributed by atoms with Crippen molar-refractivity contribution in [3.8, 4) is 6.07 Å². The summed E-state index contributed by atoms with van der Waals surface area (Å²) >= 11 is 6.01. The minimum atomic E-state index is -3.76. The number of carbonyl (C=O) groups is 2. The molecule has 4 fully saturated rings. The van der Waals surface area contributed by atoms with Crippen LogP contribution in [0.5, 0.6) is 0 Å². The number of H-pyrrole nitrogens is 4. The molecular formula is C76H117N17O25P2S. The molecule has 42 nitrogen and oxygen atoms in total. The Hall–Kier alpha value is -7.66. The highest BCUT2D eigenvalue weighted by molar-refractivity contribution is 8.07. The Labute approximate surface area is 705 Å². The fourth-order valence-electron chi connectivity index (χ4n) is 13.6. The Bertz CT molecular complexity index is 4860. The van der Waals surface area contributed by atoms with Gasteiger partial charge in [-0.15, -0.1) is 0 Å². The van der Waals surface area contributed by atoms with Gasteiger partial charge >= 0.3 is 18.1 Å². The molecule has 18 atom stereocenters. The first-order valence-electron chi connectivity index (χ1n) is 40.3. The molecule has 6 aromatic rings. The molecule has 0 spiro atoms. The number of aryl methyl sites for hydroxylation is 2. The summed E-state index contributed by atoms with van der Waals surface area (Å²) in [7, 11) is 3.06. The number of aromatic nitrogens is 12. The third-order valence-electron chi connectivity index (χ3n) is 20.0. The molecule has 2 amide bonds. The number of nitriles is 1. The fourth-order valence-corrected chi connectivity index (χ4v) is 17.5. The zero-order valence-electron chi connectivity index (χ0n) is 71.6. The number of hydrogen-bond acceptors (Lipinski definition) is 32. The van der Waals surface area contributed by atoms with Gasteiger partial charge in [0.25, 0.3) is 30.8 Å². The minimum absolute atomic E-state index is 0.00269. The number of nitrogens with zero attached hydrogens (tertiary/aromatic N) is 11. The lowest BCUT2D eigenvalue weighted by atomic mass is 10.0. The zero-order chi connectivity index (χ0) is 88.7. The molecule has 0 saturated carbocycles. The van der Waals surface area contributed by atoms with Crippen molar-refractivity contribution in [1.82, 2.24) is 62.8 Å². The SMILES string of the molecule is CCCOC1[C@@H](C)[C@@H](CO)O[C@H]1n1cc(C)c(=O)[nH]c1=O.CC[C@H]1O[C@@H](n2cnc3c(=O)[nH]c(NC(=O)C(C)C)nc32)C(OCCOC)[C@H]1OP(OCCC#N)N(C(C)C)C(C)C.[C-]#[N+]CCOP(=S)(OC[C@H]1O[C@@H](n2cc(C)c(=O)[nH]c2=O)C(OCCOC)[C@H]1C)O[C@@H]1C(OCCOC)[C@H](n2cnc3c(=O)[nH]c(NC(=O)C(C)C)nc32)O[C@@H]1CC. The van der Waals surface area contributed by atoms with Gasteiger partial charge in [0.1, 0.15) is 43.2 Å². The van der Waals surface area contributed by atoms with Crippen LogP contribution >= 0.6 is 15.2 Å². The van der Waals surface area contributed by atoms with Gasteiger partial charge in [-0.2, -0.15) is 15.2 Å². The van der Waals surface area contributed by atoms with Crippen LogP contribution in [0.15, 0.2) is 53.8 Å². The standard InChI is InChI=1S/C35H51N8O13PS.C27H44N7O7P.C14H22N2O5/c1-9-22-26(27(51-15-13-49-8)33(54-22)43-18-37-24-28(43)38-34(40-31(24)46)39-29(44)19(2)3)56-57(58,52-11-10-36-6)53-17-23-21(5)25(50-14-12-48-7)32(55-23)42-16-20(4)30(45)41-35(42)47;1-9-19-21(41-42(39-12-10-11-28)34(17(4)5)18(6)7)22(38-14-13-37-8)26(40-19)33-15-29-20-23(33)30-27(32-25(20)36)31-24(35)16(2)3;1-4-5-20-11-9(3)10(7-17)21-13(11)16-6-8(2)12(18)15-14(16)19/h16,18-19,21-23,25-27,32-33H,9-15,17H2,1-5,7-8H3,(H,41,45,47)(H2,38,39,40,44,46);15-19,21-22,26H,9-10,12-14H2,1-8H3,(H2,30,31,32,35,36);6,9-11,13,17H,4-5,7H2,1-3H3,(H,15,18,19)/t21-,22+,23+,25?,26-,27?,32+,33+,57?;19-,21+,22?,26-,42?;9-,10+,11?,13+/m010/s1. The van der Waals surface area contributed by atoms with Crippen molar-refractivity contribution in [2.45, 2.75) is 228 Å². The van der Waals surface area contributed by atoms with E-state index in [0.29, 0.717) is 37.2 Å². The molecular weight excluding hydrogens is 1640 g/mol. The lowest BCUT2D eigenvalue weighted by Gasteiger charge is -2.38. The monoisotopic (exact) mass is 1760 g/mol. The van der Waals surface area contributed by atoms with Crippen LogP contribution in [-0.2, 0) is 96.1 Å². The van der Waals surface area contributed by atoms with Gasteiger partial charge in [-0.25, -0.2) is 30.8 Å². The number of anilines is 2. The number of amides is 2. The summed E-state index contributed by atoms with van der Waals surface area (Å²) in [4.78, 5) is 130. The third-order valence-corrected chi connectivity index (χ3v) is 24.5. The van der Waals surface area contributed by atoms with Crippen LogP contribution in [0.1, 0.15) is 152 Å². The van der Waals surface area contributed by atoms with Crippen LogP contribution in [0, 0.1) is 55.4 Å². The van der Waals surface area contributed by atoms with E-state index < -0.39 is 129 Å². The van der Waals surface area contributed by atoms with Gasteiger partial charge in [0.15, 0.2) is 47.2 Å². The van der Waals surface area contributed by atoms with Crippen molar-refractivity contribution >= 4 is 73.1 Å². The predicted octanol–water partition coefficient (Wildman–Crippen LogP) is 5.92. The lowest BCUT2D eigenvalue weighted by molar-refractivity contribution is -0.119. The van der Waals surface area contributed by atoms with Gasteiger partial charge in [-0.05, 0) is 72.6 Å². The molecule has 121 heavy (non-hydrogen) atoms. The normalized spacial score (nSPS) is 24.8. The van der Waals surface area contributed by atoms with E-state index in [1.165, 1.54) is 53.0 Å². The Morgan fingerprint density at radius 1 is 0.603 bits per heavy atom. The van der Waals surface area contributed by atoms with Crippen molar-refractivity contribution < 1.29 is 89.4 Å². The number of methoxy groups -OCH3 is 3. The highest BCUT2D eigenvalue weighted by Gasteiger charge is 2.53. The summed E-state index contributed by atoms with van der Waals surface area (Å²) in [6.07, 6.45) is -1.66. The zero-order valence-corrected chi connectivity index (χ0v) is 74.2. The number of carbonyl (C=O) groups excluding carboxylic acids is 2. The maximum Gasteiger partial charge on any atom is 0.330 e. The molecule has 672 valence electrons. The number of hydrogen-bond donors (Lipinski definition) is 7. The van der Waals surface area contributed by atoms with E-state index in [-0.39, 0.29) is 160 Å².